The van der Waals surface area contributed by atoms with E-state index in [0.717, 1.165) is 26.7 Å². The van der Waals surface area contributed by atoms with Crippen molar-refractivity contribution in [3.8, 4) is 5.69 Å². The molecule has 0 unspecified atom stereocenters. The van der Waals surface area contributed by atoms with Gasteiger partial charge in [0.25, 0.3) is 11.1 Å². The van der Waals surface area contributed by atoms with E-state index in [1.165, 1.54) is 4.90 Å². The van der Waals surface area contributed by atoms with Gasteiger partial charge < -0.3 is 4.57 Å². The zero-order valence-corrected chi connectivity index (χ0v) is 16.5. The van der Waals surface area contributed by atoms with Crippen LogP contribution < -0.4 is 4.90 Å². The highest BCUT2D eigenvalue weighted by molar-refractivity contribution is 14.1. The van der Waals surface area contributed by atoms with Crippen LogP contribution in [0.4, 0.5) is 10.5 Å². The van der Waals surface area contributed by atoms with Crippen molar-refractivity contribution >= 4 is 57.3 Å². The topological polar surface area (TPSA) is 42.3 Å². The number of carbonyl (C=O) groups is 2. The average Bonchev–Trinajstić information content (AvgIpc) is 3.21. The quantitative estimate of drug-likeness (QED) is 0.383. The Hall–Kier alpha value is -2.32. The largest absolute Gasteiger partial charge is 0.317 e. The molecule has 1 aromatic heterocycles. The number of nitrogens with zero attached hydrogens (tertiary/aromatic N) is 2. The summed E-state index contributed by atoms with van der Waals surface area (Å²) in [4.78, 5) is 26.7. The molecule has 128 valence electrons. The third-order valence-corrected chi connectivity index (χ3v) is 5.56. The second-order valence-electron chi connectivity index (χ2n) is 5.63. The van der Waals surface area contributed by atoms with E-state index in [1.807, 2.05) is 65.4 Å². The molecule has 0 atom stereocenters. The lowest BCUT2D eigenvalue weighted by atomic mass is 10.2. The summed E-state index contributed by atoms with van der Waals surface area (Å²) in [5, 5.41) is -0.278. The lowest BCUT2D eigenvalue weighted by Gasteiger charge is -2.11. The van der Waals surface area contributed by atoms with E-state index in [0.29, 0.717) is 10.6 Å². The van der Waals surface area contributed by atoms with E-state index in [9.17, 15) is 9.59 Å². The van der Waals surface area contributed by atoms with Gasteiger partial charge in [-0.2, -0.15) is 0 Å². The standard InChI is InChI=1S/C20H13IN2O2S/c21-14-8-10-15(11-9-14)22-12-4-7-17(22)13-18-19(24)23(20(25)26-18)16-5-2-1-3-6-16/h1-13H/b18-13+. The molecule has 1 aliphatic rings. The molecule has 1 fully saturated rings. The fourth-order valence-electron chi connectivity index (χ4n) is 2.75. The fourth-order valence-corrected chi connectivity index (χ4v) is 3.94. The lowest BCUT2D eigenvalue weighted by Crippen LogP contribution is -2.27. The maximum absolute atomic E-state index is 12.7. The Morgan fingerprint density at radius 2 is 1.58 bits per heavy atom. The number of para-hydroxylation sites is 1. The molecule has 6 heteroatoms. The SMILES string of the molecule is O=C1S/C(=C/c2cccn2-c2ccc(I)cc2)C(=O)N1c1ccccc1. The summed E-state index contributed by atoms with van der Waals surface area (Å²) in [6.45, 7) is 0. The first-order valence-corrected chi connectivity index (χ1v) is 9.79. The molecule has 0 aliphatic carbocycles. The molecule has 2 amide bonds. The Labute approximate surface area is 168 Å². The fraction of sp³-hybridized carbons (Fsp3) is 0. The lowest BCUT2D eigenvalue weighted by molar-refractivity contribution is -0.113. The van der Waals surface area contributed by atoms with E-state index >= 15 is 0 Å². The van der Waals surface area contributed by atoms with Gasteiger partial charge in [0.2, 0.25) is 0 Å². The second-order valence-corrected chi connectivity index (χ2v) is 7.87. The van der Waals surface area contributed by atoms with Crippen LogP contribution in [0.15, 0.2) is 77.8 Å². The maximum atomic E-state index is 12.7. The van der Waals surface area contributed by atoms with Crippen molar-refractivity contribution < 1.29 is 9.59 Å². The molecule has 26 heavy (non-hydrogen) atoms. The minimum absolute atomic E-state index is 0.278. The number of halogens is 1. The summed E-state index contributed by atoms with van der Waals surface area (Å²) in [7, 11) is 0. The zero-order valence-electron chi connectivity index (χ0n) is 13.5. The Morgan fingerprint density at radius 1 is 0.846 bits per heavy atom. The Bertz CT molecular complexity index is 1010. The summed E-state index contributed by atoms with van der Waals surface area (Å²) >= 11 is 3.23. The number of aromatic nitrogens is 1. The Kier molecular flexibility index (Phi) is 4.69. The summed E-state index contributed by atoms with van der Waals surface area (Å²) in [6.07, 6.45) is 3.71. The van der Waals surface area contributed by atoms with Gasteiger partial charge in [-0.3, -0.25) is 9.59 Å². The van der Waals surface area contributed by atoms with Gasteiger partial charge in [0.1, 0.15) is 0 Å². The Balaban J connectivity index is 1.68. The highest BCUT2D eigenvalue weighted by atomic mass is 127. The van der Waals surface area contributed by atoms with E-state index in [-0.39, 0.29) is 11.1 Å². The number of anilines is 1. The molecule has 0 bridgehead atoms. The summed E-state index contributed by atoms with van der Waals surface area (Å²) in [5.74, 6) is -0.290. The van der Waals surface area contributed by atoms with Gasteiger partial charge in [-0.25, -0.2) is 4.90 Å². The van der Waals surface area contributed by atoms with Gasteiger partial charge in [-0.15, -0.1) is 0 Å². The van der Waals surface area contributed by atoms with Crippen molar-refractivity contribution in [2.45, 2.75) is 0 Å². The average molecular weight is 472 g/mol. The molecule has 3 aromatic rings. The van der Waals surface area contributed by atoms with Crippen LogP contribution in [0.2, 0.25) is 0 Å². The van der Waals surface area contributed by atoms with Gasteiger partial charge >= 0.3 is 0 Å². The van der Waals surface area contributed by atoms with Crippen molar-refractivity contribution in [3.05, 3.63) is 87.1 Å². The van der Waals surface area contributed by atoms with Gasteiger partial charge in [0, 0.05) is 21.1 Å². The zero-order chi connectivity index (χ0) is 18.1. The highest BCUT2D eigenvalue weighted by Gasteiger charge is 2.36. The first-order valence-electron chi connectivity index (χ1n) is 7.90. The smallest absolute Gasteiger partial charge is 0.298 e. The van der Waals surface area contributed by atoms with Crippen LogP contribution in [0.25, 0.3) is 11.8 Å². The van der Waals surface area contributed by atoms with Crippen molar-refractivity contribution in [1.29, 1.82) is 0 Å². The number of rotatable bonds is 3. The minimum atomic E-state index is -0.290. The van der Waals surface area contributed by atoms with Gasteiger partial charge in [-0.1, -0.05) is 18.2 Å². The highest BCUT2D eigenvalue weighted by Crippen LogP contribution is 2.35. The van der Waals surface area contributed by atoms with Gasteiger partial charge in [0.05, 0.1) is 10.6 Å². The number of hydrogen-bond donors (Lipinski definition) is 0. The predicted molar refractivity (Wildman–Crippen MR) is 113 cm³/mol. The summed E-state index contributed by atoms with van der Waals surface area (Å²) in [6, 6.07) is 20.9. The molecule has 2 aromatic carbocycles. The van der Waals surface area contributed by atoms with Crippen LogP contribution in [0, 0.1) is 3.57 Å². The maximum Gasteiger partial charge on any atom is 0.298 e. The Morgan fingerprint density at radius 3 is 2.31 bits per heavy atom. The second kappa shape index (κ2) is 7.13. The number of carbonyl (C=O) groups excluding carboxylic acids is 2. The first kappa shape index (κ1) is 17.1. The third kappa shape index (κ3) is 3.22. The first-order chi connectivity index (χ1) is 12.6. The summed E-state index contributed by atoms with van der Waals surface area (Å²) < 4.78 is 3.15. The predicted octanol–water partition coefficient (Wildman–Crippen LogP) is 5.32. The molecule has 0 N–H and O–H groups in total. The van der Waals surface area contributed by atoms with E-state index < -0.39 is 0 Å². The van der Waals surface area contributed by atoms with Crippen molar-refractivity contribution in [2.75, 3.05) is 4.90 Å². The van der Waals surface area contributed by atoms with Crippen LogP contribution in [0.1, 0.15) is 5.69 Å². The van der Waals surface area contributed by atoms with Crippen LogP contribution >= 0.6 is 34.4 Å². The monoisotopic (exact) mass is 472 g/mol. The molecular weight excluding hydrogens is 459 g/mol. The normalized spacial score (nSPS) is 15.9. The summed E-state index contributed by atoms with van der Waals surface area (Å²) in [5.41, 5.74) is 2.44. The van der Waals surface area contributed by atoms with Crippen molar-refractivity contribution in [2.24, 2.45) is 0 Å². The van der Waals surface area contributed by atoms with Gasteiger partial charge in [-0.05, 0) is 89.0 Å². The van der Waals surface area contributed by atoms with Crippen molar-refractivity contribution in [3.63, 3.8) is 0 Å². The van der Waals surface area contributed by atoms with Crippen LogP contribution in [-0.4, -0.2) is 15.7 Å². The molecule has 0 radical (unpaired) electrons. The van der Waals surface area contributed by atoms with Gasteiger partial charge in [0.15, 0.2) is 0 Å². The molecule has 0 saturated carbocycles. The van der Waals surface area contributed by atoms with Crippen LogP contribution in [0.3, 0.4) is 0 Å². The number of imide groups is 1. The number of thioether (sulfide) groups is 1. The molecule has 2 heterocycles. The van der Waals surface area contributed by atoms with Crippen LogP contribution in [-0.2, 0) is 4.79 Å². The number of amides is 2. The molecular formula is C20H13IN2O2S. The molecule has 0 spiro atoms. The van der Waals surface area contributed by atoms with E-state index in [2.05, 4.69) is 22.6 Å². The minimum Gasteiger partial charge on any atom is -0.317 e. The number of hydrogen-bond acceptors (Lipinski definition) is 3. The molecule has 1 saturated heterocycles. The molecule has 1 aliphatic heterocycles. The van der Waals surface area contributed by atoms with Crippen molar-refractivity contribution in [1.82, 2.24) is 4.57 Å². The third-order valence-electron chi connectivity index (χ3n) is 3.97. The van der Waals surface area contributed by atoms with E-state index in [1.54, 1.807) is 18.2 Å². The van der Waals surface area contributed by atoms with Crippen LogP contribution in [0.5, 0.6) is 0 Å². The molecule has 4 rings (SSSR count). The number of benzene rings is 2. The van der Waals surface area contributed by atoms with E-state index in [4.69, 9.17) is 0 Å². The molecule has 4 nitrogen and oxygen atoms in total.